The summed E-state index contributed by atoms with van der Waals surface area (Å²) in [7, 11) is 0. The lowest BCUT2D eigenvalue weighted by Crippen LogP contribution is -2.37. The van der Waals surface area contributed by atoms with Crippen LogP contribution in [-0.2, 0) is 17.9 Å². The van der Waals surface area contributed by atoms with Crippen molar-refractivity contribution in [3.8, 4) is 0 Å². The monoisotopic (exact) mass is 417 g/mol. The van der Waals surface area contributed by atoms with E-state index in [1.54, 1.807) is 6.33 Å². The van der Waals surface area contributed by atoms with Gasteiger partial charge in [0.2, 0.25) is 0 Å². The number of benzene rings is 2. The SMILES string of the molecule is Nc1c(N2CCC(C(=O)O)CC2)ncnc1N(Cc1ccccc1)Cc1ccccc1. The summed E-state index contributed by atoms with van der Waals surface area (Å²) in [6, 6.07) is 20.5. The summed E-state index contributed by atoms with van der Waals surface area (Å²) in [5.41, 5.74) is 9.46. The van der Waals surface area contributed by atoms with Gasteiger partial charge in [0.1, 0.15) is 12.0 Å². The molecule has 0 amide bonds. The number of carbonyl (C=O) groups is 1. The Morgan fingerprint density at radius 2 is 1.52 bits per heavy atom. The minimum absolute atomic E-state index is 0.300. The van der Waals surface area contributed by atoms with E-state index in [-0.39, 0.29) is 5.92 Å². The first-order valence-corrected chi connectivity index (χ1v) is 10.5. The molecular weight excluding hydrogens is 390 g/mol. The summed E-state index contributed by atoms with van der Waals surface area (Å²) in [5, 5.41) is 9.27. The molecule has 7 heteroatoms. The molecule has 31 heavy (non-hydrogen) atoms. The number of anilines is 3. The third kappa shape index (κ3) is 4.94. The molecule has 0 unspecified atom stereocenters. The van der Waals surface area contributed by atoms with Gasteiger partial charge in [-0.05, 0) is 24.0 Å². The Balaban J connectivity index is 1.62. The quantitative estimate of drug-likeness (QED) is 0.607. The van der Waals surface area contributed by atoms with Crippen LogP contribution in [0.25, 0.3) is 0 Å². The Bertz CT molecular complexity index is 963. The molecule has 0 atom stereocenters. The highest BCUT2D eigenvalue weighted by atomic mass is 16.4. The van der Waals surface area contributed by atoms with Crippen LogP contribution < -0.4 is 15.5 Å². The van der Waals surface area contributed by atoms with Crippen LogP contribution in [0.1, 0.15) is 24.0 Å². The average molecular weight is 418 g/mol. The number of hydrogen-bond acceptors (Lipinski definition) is 6. The maximum atomic E-state index is 11.3. The van der Waals surface area contributed by atoms with E-state index in [1.807, 2.05) is 36.4 Å². The number of aliphatic carboxylic acids is 1. The van der Waals surface area contributed by atoms with E-state index in [0.29, 0.717) is 56.3 Å². The minimum atomic E-state index is -0.729. The summed E-state index contributed by atoms with van der Waals surface area (Å²) >= 11 is 0. The molecule has 0 saturated carbocycles. The van der Waals surface area contributed by atoms with E-state index >= 15 is 0 Å². The molecule has 1 saturated heterocycles. The van der Waals surface area contributed by atoms with Gasteiger partial charge in [-0.1, -0.05) is 60.7 Å². The van der Waals surface area contributed by atoms with Crippen LogP contribution in [0.4, 0.5) is 17.3 Å². The van der Waals surface area contributed by atoms with E-state index < -0.39 is 5.97 Å². The van der Waals surface area contributed by atoms with Gasteiger partial charge in [-0.3, -0.25) is 4.79 Å². The summed E-state index contributed by atoms with van der Waals surface area (Å²) in [4.78, 5) is 24.5. The van der Waals surface area contributed by atoms with E-state index in [9.17, 15) is 9.90 Å². The zero-order valence-electron chi connectivity index (χ0n) is 17.4. The molecule has 0 radical (unpaired) electrons. The van der Waals surface area contributed by atoms with Crippen molar-refractivity contribution in [2.24, 2.45) is 5.92 Å². The fourth-order valence-electron chi connectivity index (χ4n) is 4.03. The molecule has 1 fully saturated rings. The molecule has 1 aliphatic heterocycles. The Morgan fingerprint density at radius 3 is 2.03 bits per heavy atom. The molecular formula is C24H27N5O2. The van der Waals surface area contributed by atoms with Crippen molar-refractivity contribution in [3.05, 3.63) is 78.1 Å². The highest BCUT2D eigenvalue weighted by Gasteiger charge is 2.27. The van der Waals surface area contributed by atoms with Gasteiger partial charge in [-0.2, -0.15) is 0 Å². The maximum absolute atomic E-state index is 11.3. The Labute approximate surface area is 182 Å². The van der Waals surface area contributed by atoms with Gasteiger partial charge in [-0.25, -0.2) is 9.97 Å². The van der Waals surface area contributed by atoms with Crippen LogP contribution in [0.2, 0.25) is 0 Å². The highest BCUT2D eigenvalue weighted by molar-refractivity contribution is 5.76. The number of nitrogens with zero attached hydrogens (tertiary/aromatic N) is 4. The molecule has 0 spiro atoms. The molecule has 3 aromatic rings. The smallest absolute Gasteiger partial charge is 0.306 e. The second-order valence-corrected chi connectivity index (χ2v) is 7.86. The van der Waals surface area contributed by atoms with Crippen LogP contribution in [0.5, 0.6) is 0 Å². The average Bonchev–Trinajstić information content (AvgIpc) is 2.80. The van der Waals surface area contributed by atoms with E-state index in [2.05, 4.69) is 44.0 Å². The first-order valence-electron chi connectivity index (χ1n) is 10.5. The molecule has 1 aromatic heterocycles. The van der Waals surface area contributed by atoms with Gasteiger partial charge >= 0.3 is 5.97 Å². The van der Waals surface area contributed by atoms with Crippen LogP contribution in [-0.4, -0.2) is 34.1 Å². The van der Waals surface area contributed by atoms with Crippen molar-refractivity contribution in [2.75, 3.05) is 28.6 Å². The number of carboxylic acids is 1. The van der Waals surface area contributed by atoms with Gasteiger partial charge in [-0.15, -0.1) is 0 Å². The molecule has 1 aliphatic rings. The molecule has 4 rings (SSSR count). The molecule has 160 valence electrons. The molecule has 7 nitrogen and oxygen atoms in total. The van der Waals surface area contributed by atoms with Gasteiger partial charge in [0.05, 0.1) is 5.92 Å². The van der Waals surface area contributed by atoms with Crippen LogP contribution >= 0.6 is 0 Å². The van der Waals surface area contributed by atoms with Crippen molar-refractivity contribution in [1.82, 2.24) is 9.97 Å². The number of carboxylic acid groups (broad SMARTS) is 1. The standard InChI is InChI=1S/C24H27N5O2/c25-21-22(28-13-11-20(12-14-28)24(30)31)26-17-27-23(21)29(15-18-7-3-1-4-8-18)16-19-9-5-2-6-10-19/h1-10,17,20H,11-16,25H2,(H,30,31). The fraction of sp³-hybridized carbons (Fsp3) is 0.292. The predicted molar refractivity (Wildman–Crippen MR) is 122 cm³/mol. The van der Waals surface area contributed by atoms with Crippen molar-refractivity contribution >= 4 is 23.3 Å². The lowest BCUT2D eigenvalue weighted by atomic mass is 9.97. The highest BCUT2D eigenvalue weighted by Crippen LogP contribution is 2.33. The van der Waals surface area contributed by atoms with Gasteiger partial charge < -0.3 is 20.6 Å². The lowest BCUT2D eigenvalue weighted by molar-refractivity contribution is -0.142. The number of nitrogen functional groups attached to an aromatic ring is 1. The summed E-state index contributed by atoms with van der Waals surface area (Å²) in [6.45, 7) is 2.57. The first-order chi connectivity index (χ1) is 15.1. The molecule has 3 N–H and O–H groups in total. The number of piperidine rings is 1. The number of hydrogen-bond donors (Lipinski definition) is 2. The Kier molecular flexibility index (Phi) is 6.31. The van der Waals surface area contributed by atoms with E-state index in [4.69, 9.17) is 5.73 Å². The van der Waals surface area contributed by atoms with Gasteiger partial charge in [0, 0.05) is 26.2 Å². The maximum Gasteiger partial charge on any atom is 0.306 e. The summed E-state index contributed by atoms with van der Waals surface area (Å²) in [5.74, 6) is 0.345. The Morgan fingerprint density at radius 1 is 0.968 bits per heavy atom. The summed E-state index contributed by atoms with van der Waals surface area (Å²) in [6.07, 6.45) is 2.73. The first kappa shape index (κ1) is 20.7. The normalized spacial score (nSPS) is 14.4. The molecule has 2 heterocycles. The van der Waals surface area contributed by atoms with Crippen molar-refractivity contribution < 1.29 is 9.90 Å². The lowest BCUT2D eigenvalue weighted by Gasteiger charge is -2.33. The van der Waals surface area contributed by atoms with Gasteiger partial charge in [0.15, 0.2) is 11.6 Å². The second-order valence-electron chi connectivity index (χ2n) is 7.86. The van der Waals surface area contributed by atoms with Crippen LogP contribution in [0, 0.1) is 5.92 Å². The topological polar surface area (TPSA) is 95.6 Å². The van der Waals surface area contributed by atoms with Gasteiger partial charge in [0.25, 0.3) is 0 Å². The molecule has 0 aliphatic carbocycles. The molecule has 0 bridgehead atoms. The summed E-state index contributed by atoms with van der Waals surface area (Å²) < 4.78 is 0. The zero-order valence-corrected chi connectivity index (χ0v) is 17.4. The number of rotatable bonds is 7. The predicted octanol–water partition coefficient (Wildman–Crippen LogP) is 3.57. The van der Waals surface area contributed by atoms with Crippen molar-refractivity contribution in [3.63, 3.8) is 0 Å². The number of nitrogens with two attached hydrogens (primary N) is 1. The zero-order chi connectivity index (χ0) is 21.6. The minimum Gasteiger partial charge on any atom is -0.481 e. The van der Waals surface area contributed by atoms with Crippen molar-refractivity contribution in [2.45, 2.75) is 25.9 Å². The number of aromatic nitrogens is 2. The van der Waals surface area contributed by atoms with E-state index in [0.717, 1.165) is 0 Å². The molecule has 2 aromatic carbocycles. The fourth-order valence-corrected chi connectivity index (χ4v) is 4.03. The third-order valence-corrected chi connectivity index (χ3v) is 5.72. The Hall–Kier alpha value is -3.61. The van der Waals surface area contributed by atoms with Crippen molar-refractivity contribution in [1.29, 1.82) is 0 Å². The largest absolute Gasteiger partial charge is 0.481 e. The van der Waals surface area contributed by atoms with E-state index in [1.165, 1.54) is 11.1 Å². The third-order valence-electron chi connectivity index (χ3n) is 5.72. The van der Waals surface area contributed by atoms with Crippen LogP contribution in [0.3, 0.4) is 0 Å². The van der Waals surface area contributed by atoms with Crippen LogP contribution in [0.15, 0.2) is 67.0 Å². The second kappa shape index (κ2) is 9.47.